The molecule has 0 aromatic heterocycles. The zero-order valence-corrected chi connectivity index (χ0v) is 13.5. The Hall–Kier alpha value is -3.35. The number of phenols is 1. The Balaban J connectivity index is 1.72. The van der Waals surface area contributed by atoms with E-state index in [1.54, 1.807) is 24.3 Å². The quantitative estimate of drug-likeness (QED) is 0.454. The van der Waals surface area contributed by atoms with Crippen molar-refractivity contribution in [2.75, 3.05) is 18.5 Å². The molecule has 2 aromatic rings. The number of amides is 1. The Morgan fingerprint density at radius 2 is 1.60 bits per heavy atom. The van der Waals surface area contributed by atoms with E-state index in [1.807, 2.05) is 0 Å². The van der Waals surface area contributed by atoms with Crippen LogP contribution in [0.2, 0.25) is 0 Å². The molecule has 130 valence electrons. The van der Waals surface area contributed by atoms with Crippen molar-refractivity contribution in [3.05, 3.63) is 54.1 Å². The van der Waals surface area contributed by atoms with E-state index in [1.165, 1.54) is 31.2 Å². The lowest BCUT2D eigenvalue weighted by molar-refractivity contribution is -0.149. The normalized spacial score (nSPS) is 9.96. The molecule has 0 bridgehead atoms. The molecule has 0 aliphatic rings. The summed E-state index contributed by atoms with van der Waals surface area (Å²) >= 11 is 0. The van der Waals surface area contributed by atoms with E-state index in [0.717, 1.165) is 0 Å². The number of hydrogen-bond donors (Lipinski definition) is 2. The Labute approximate surface area is 144 Å². The molecule has 0 aliphatic heterocycles. The van der Waals surface area contributed by atoms with Crippen molar-refractivity contribution in [3.63, 3.8) is 0 Å². The van der Waals surface area contributed by atoms with Crippen LogP contribution in [0.5, 0.6) is 11.5 Å². The van der Waals surface area contributed by atoms with Crippen molar-refractivity contribution in [1.29, 1.82) is 0 Å². The highest BCUT2D eigenvalue weighted by Crippen LogP contribution is 2.14. The molecule has 0 saturated carbocycles. The summed E-state index contributed by atoms with van der Waals surface area (Å²) in [5.41, 5.74) is 1.02. The molecule has 2 N–H and O–H groups in total. The van der Waals surface area contributed by atoms with E-state index in [2.05, 4.69) is 5.32 Å². The number of carbonyl (C=O) groups is 3. The number of rotatable bonds is 7. The van der Waals surface area contributed by atoms with Crippen LogP contribution in [0.4, 0.5) is 5.69 Å². The van der Waals surface area contributed by atoms with Crippen molar-refractivity contribution in [3.8, 4) is 11.5 Å². The van der Waals surface area contributed by atoms with Crippen molar-refractivity contribution in [1.82, 2.24) is 0 Å². The predicted molar refractivity (Wildman–Crippen MR) is 89.6 cm³/mol. The van der Waals surface area contributed by atoms with Gasteiger partial charge < -0.3 is 19.9 Å². The van der Waals surface area contributed by atoms with Crippen LogP contribution in [0.25, 0.3) is 0 Å². The Morgan fingerprint density at radius 3 is 2.20 bits per heavy atom. The van der Waals surface area contributed by atoms with Crippen LogP contribution in [0, 0.1) is 0 Å². The summed E-state index contributed by atoms with van der Waals surface area (Å²) in [5, 5.41) is 11.7. The summed E-state index contributed by atoms with van der Waals surface area (Å²) in [6, 6.07) is 12.2. The monoisotopic (exact) mass is 343 g/mol. The number of benzene rings is 2. The van der Waals surface area contributed by atoms with Crippen LogP contribution in [0.15, 0.2) is 48.5 Å². The molecule has 0 heterocycles. The van der Waals surface area contributed by atoms with Gasteiger partial charge in [-0.15, -0.1) is 0 Å². The summed E-state index contributed by atoms with van der Waals surface area (Å²) in [5.74, 6) is -0.777. The zero-order valence-electron chi connectivity index (χ0n) is 13.5. The van der Waals surface area contributed by atoms with Gasteiger partial charge in [0.1, 0.15) is 11.5 Å². The fourth-order valence-corrected chi connectivity index (χ4v) is 1.86. The highest BCUT2D eigenvalue weighted by molar-refractivity contribution is 5.94. The molecule has 0 fully saturated rings. The lowest BCUT2D eigenvalue weighted by atomic mass is 10.1. The van der Waals surface area contributed by atoms with Crippen molar-refractivity contribution in [2.45, 2.75) is 6.92 Å². The van der Waals surface area contributed by atoms with E-state index in [-0.39, 0.29) is 18.1 Å². The Kier molecular flexibility index (Phi) is 6.11. The number of phenolic OH excluding ortho intramolecular Hbond substituents is 1. The number of Topliss-reactive ketones (excluding diaryl/α,β-unsaturated/α-hetero) is 1. The van der Waals surface area contributed by atoms with Crippen LogP contribution in [-0.4, -0.2) is 36.0 Å². The van der Waals surface area contributed by atoms with Crippen LogP contribution >= 0.6 is 0 Å². The average molecular weight is 343 g/mol. The standard InChI is InChI=1S/C18H17NO6/c1-12(20)13-2-8-16(9-3-13)24-11-18(23)25-10-17(22)19-14-4-6-15(21)7-5-14/h2-9,21H,10-11H2,1H3,(H,19,22). The topological polar surface area (TPSA) is 102 Å². The van der Waals surface area contributed by atoms with Gasteiger partial charge in [-0.1, -0.05) is 0 Å². The molecule has 2 aromatic carbocycles. The fourth-order valence-electron chi connectivity index (χ4n) is 1.86. The van der Waals surface area contributed by atoms with E-state index in [0.29, 0.717) is 17.0 Å². The second-order valence-electron chi connectivity index (χ2n) is 5.12. The number of aromatic hydroxyl groups is 1. The first-order valence-corrected chi connectivity index (χ1v) is 7.42. The molecular weight excluding hydrogens is 326 g/mol. The smallest absolute Gasteiger partial charge is 0.344 e. The van der Waals surface area contributed by atoms with Gasteiger partial charge in [-0.25, -0.2) is 4.79 Å². The van der Waals surface area contributed by atoms with Gasteiger partial charge in [-0.2, -0.15) is 0 Å². The van der Waals surface area contributed by atoms with Crippen molar-refractivity contribution in [2.24, 2.45) is 0 Å². The minimum atomic E-state index is -0.698. The van der Waals surface area contributed by atoms with Gasteiger partial charge in [0.25, 0.3) is 5.91 Å². The minimum absolute atomic E-state index is 0.0643. The maximum Gasteiger partial charge on any atom is 0.344 e. The number of nitrogens with one attached hydrogen (secondary N) is 1. The first-order chi connectivity index (χ1) is 11.9. The summed E-state index contributed by atoms with van der Waals surface area (Å²) < 4.78 is 10.0. The van der Waals surface area contributed by atoms with E-state index >= 15 is 0 Å². The molecule has 25 heavy (non-hydrogen) atoms. The van der Waals surface area contributed by atoms with Crippen LogP contribution in [0.1, 0.15) is 17.3 Å². The van der Waals surface area contributed by atoms with Gasteiger partial charge in [0.15, 0.2) is 19.0 Å². The van der Waals surface area contributed by atoms with Gasteiger partial charge in [0.05, 0.1) is 0 Å². The number of anilines is 1. The lowest BCUT2D eigenvalue weighted by Gasteiger charge is -2.08. The van der Waals surface area contributed by atoms with Gasteiger partial charge in [-0.05, 0) is 55.5 Å². The van der Waals surface area contributed by atoms with Crippen molar-refractivity contribution >= 4 is 23.3 Å². The van der Waals surface area contributed by atoms with Gasteiger partial charge >= 0.3 is 5.97 Å². The Bertz CT molecular complexity index is 752. The number of esters is 1. The molecule has 0 unspecified atom stereocenters. The van der Waals surface area contributed by atoms with E-state index < -0.39 is 18.5 Å². The van der Waals surface area contributed by atoms with E-state index in [9.17, 15) is 14.4 Å². The molecule has 1 amide bonds. The van der Waals surface area contributed by atoms with E-state index in [4.69, 9.17) is 14.6 Å². The molecule has 0 spiro atoms. The van der Waals surface area contributed by atoms with Gasteiger partial charge in [0.2, 0.25) is 0 Å². The zero-order chi connectivity index (χ0) is 18.2. The largest absolute Gasteiger partial charge is 0.508 e. The van der Waals surface area contributed by atoms with Crippen LogP contribution in [-0.2, 0) is 14.3 Å². The minimum Gasteiger partial charge on any atom is -0.508 e. The third-order valence-electron chi connectivity index (χ3n) is 3.13. The number of ether oxygens (including phenoxy) is 2. The molecule has 0 atom stereocenters. The summed E-state index contributed by atoms with van der Waals surface area (Å²) in [4.78, 5) is 34.4. The van der Waals surface area contributed by atoms with Crippen molar-refractivity contribution < 1.29 is 29.0 Å². The van der Waals surface area contributed by atoms with Crippen LogP contribution in [0.3, 0.4) is 0 Å². The second-order valence-corrected chi connectivity index (χ2v) is 5.12. The maximum absolute atomic E-state index is 11.7. The molecule has 7 nitrogen and oxygen atoms in total. The second kappa shape index (κ2) is 8.49. The summed E-state index contributed by atoms with van der Waals surface area (Å²) in [6.07, 6.45) is 0. The molecule has 0 saturated heterocycles. The molecule has 7 heteroatoms. The predicted octanol–water partition coefficient (Wildman–Crippen LogP) is 2.16. The van der Waals surface area contributed by atoms with Gasteiger partial charge in [0, 0.05) is 11.3 Å². The molecule has 0 radical (unpaired) electrons. The average Bonchev–Trinajstić information content (AvgIpc) is 2.60. The molecular formula is C18H17NO6. The number of ketones is 1. The Morgan fingerprint density at radius 1 is 0.960 bits per heavy atom. The summed E-state index contributed by atoms with van der Waals surface area (Å²) in [7, 11) is 0. The van der Waals surface area contributed by atoms with Crippen LogP contribution < -0.4 is 10.1 Å². The first kappa shape index (κ1) is 18.0. The highest BCUT2D eigenvalue weighted by atomic mass is 16.6. The molecule has 0 aliphatic carbocycles. The van der Waals surface area contributed by atoms with Gasteiger partial charge in [-0.3, -0.25) is 9.59 Å². The molecule has 2 rings (SSSR count). The number of hydrogen-bond acceptors (Lipinski definition) is 6. The third-order valence-corrected chi connectivity index (χ3v) is 3.13. The third kappa shape index (κ3) is 5.98. The fraction of sp³-hybridized carbons (Fsp3) is 0.167. The highest BCUT2D eigenvalue weighted by Gasteiger charge is 2.09. The SMILES string of the molecule is CC(=O)c1ccc(OCC(=O)OCC(=O)Nc2ccc(O)cc2)cc1. The maximum atomic E-state index is 11.7. The summed E-state index contributed by atoms with van der Waals surface area (Å²) in [6.45, 7) is 0.648. The number of carbonyl (C=O) groups excluding carboxylic acids is 3. The lowest BCUT2D eigenvalue weighted by Crippen LogP contribution is -2.23. The first-order valence-electron chi connectivity index (χ1n) is 7.42.